The Morgan fingerprint density at radius 2 is 2.18 bits per heavy atom. The van der Waals surface area contributed by atoms with E-state index in [1.54, 1.807) is 7.05 Å². The fraction of sp³-hybridized carbons (Fsp3) is 0.364. The number of tetrazole rings is 1. The van der Waals surface area contributed by atoms with Crippen molar-refractivity contribution < 1.29 is 5.11 Å². The minimum atomic E-state index is -0.615. The average Bonchev–Trinajstić information content (AvgIpc) is 2.62. The third-order valence-electron chi connectivity index (χ3n) is 2.37. The number of aliphatic hydroxyl groups excluding tert-OH is 1. The van der Waals surface area contributed by atoms with E-state index in [2.05, 4.69) is 31.3 Å². The molecule has 0 saturated heterocycles. The van der Waals surface area contributed by atoms with Gasteiger partial charge in [-0.15, -0.1) is 10.2 Å². The zero-order chi connectivity index (χ0) is 12.4. The number of halogens is 1. The molecule has 17 heavy (non-hydrogen) atoms. The molecule has 0 radical (unpaired) electrons. The monoisotopic (exact) mass is 296 g/mol. The zero-order valence-corrected chi connectivity index (χ0v) is 11.2. The summed E-state index contributed by atoms with van der Waals surface area (Å²) >= 11 is 3.41. The SMILES string of the molecule is Cc1cc(Br)cc(C(O)Cc2nnn(C)n2)c1. The summed E-state index contributed by atoms with van der Waals surface area (Å²) in [5, 5.41) is 21.7. The first-order valence-corrected chi connectivity index (χ1v) is 6.02. The van der Waals surface area contributed by atoms with Crippen molar-refractivity contribution in [3.8, 4) is 0 Å². The van der Waals surface area contributed by atoms with E-state index in [0.717, 1.165) is 15.6 Å². The first-order chi connectivity index (χ1) is 8.04. The van der Waals surface area contributed by atoms with Gasteiger partial charge in [-0.25, -0.2) is 0 Å². The molecular formula is C11H13BrN4O. The van der Waals surface area contributed by atoms with Crippen molar-refractivity contribution in [2.75, 3.05) is 0 Å². The first kappa shape index (κ1) is 12.2. The molecule has 1 atom stereocenters. The summed E-state index contributed by atoms with van der Waals surface area (Å²) in [4.78, 5) is 1.38. The topological polar surface area (TPSA) is 63.8 Å². The lowest BCUT2D eigenvalue weighted by molar-refractivity contribution is 0.175. The minimum absolute atomic E-state index is 0.365. The van der Waals surface area contributed by atoms with Gasteiger partial charge in [0.25, 0.3) is 0 Å². The fourth-order valence-electron chi connectivity index (χ4n) is 1.65. The third-order valence-corrected chi connectivity index (χ3v) is 2.83. The van der Waals surface area contributed by atoms with Crippen LogP contribution in [-0.2, 0) is 13.5 Å². The first-order valence-electron chi connectivity index (χ1n) is 5.22. The highest BCUT2D eigenvalue weighted by Gasteiger charge is 2.13. The average molecular weight is 297 g/mol. The smallest absolute Gasteiger partial charge is 0.177 e. The Hall–Kier alpha value is -1.27. The van der Waals surface area contributed by atoms with Gasteiger partial charge >= 0.3 is 0 Å². The summed E-state index contributed by atoms with van der Waals surface area (Å²) in [6.45, 7) is 1.99. The summed E-state index contributed by atoms with van der Waals surface area (Å²) in [6, 6.07) is 5.84. The molecular weight excluding hydrogens is 284 g/mol. The lowest BCUT2D eigenvalue weighted by Crippen LogP contribution is -2.04. The van der Waals surface area contributed by atoms with Crippen LogP contribution in [0.15, 0.2) is 22.7 Å². The van der Waals surface area contributed by atoms with E-state index in [0.29, 0.717) is 12.2 Å². The Labute approximate surface area is 108 Å². The van der Waals surface area contributed by atoms with Crippen molar-refractivity contribution >= 4 is 15.9 Å². The van der Waals surface area contributed by atoms with Crippen LogP contribution in [-0.4, -0.2) is 25.3 Å². The van der Waals surface area contributed by atoms with Crippen LogP contribution >= 0.6 is 15.9 Å². The van der Waals surface area contributed by atoms with Gasteiger partial charge in [0.2, 0.25) is 0 Å². The van der Waals surface area contributed by atoms with Gasteiger partial charge in [0, 0.05) is 10.9 Å². The molecule has 1 heterocycles. The Morgan fingerprint density at radius 3 is 2.76 bits per heavy atom. The second-order valence-electron chi connectivity index (χ2n) is 3.98. The van der Waals surface area contributed by atoms with Gasteiger partial charge in [-0.05, 0) is 35.4 Å². The van der Waals surface area contributed by atoms with Gasteiger partial charge in [-0.1, -0.05) is 22.0 Å². The van der Waals surface area contributed by atoms with E-state index >= 15 is 0 Å². The molecule has 0 saturated carbocycles. The predicted octanol–water partition coefficient (Wildman–Crippen LogP) is 1.56. The van der Waals surface area contributed by atoms with Crippen molar-refractivity contribution in [2.24, 2.45) is 7.05 Å². The third kappa shape index (κ3) is 3.10. The van der Waals surface area contributed by atoms with Crippen molar-refractivity contribution in [3.63, 3.8) is 0 Å². The summed E-state index contributed by atoms with van der Waals surface area (Å²) in [7, 11) is 1.70. The van der Waals surface area contributed by atoms with Crippen LogP contribution in [0.25, 0.3) is 0 Å². The Kier molecular flexibility index (Phi) is 3.54. The Balaban J connectivity index is 2.16. The number of rotatable bonds is 3. The lowest BCUT2D eigenvalue weighted by Gasteiger charge is -2.10. The normalized spacial score (nSPS) is 12.7. The van der Waals surface area contributed by atoms with E-state index in [-0.39, 0.29) is 0 Å². The maximum absolute atomic E-state index is 10.1. The summed E-state index contributed by atoms with van der Waals surface area (Å²) in [5.41, 5.74) is 1.95. The second kappa shape index (κ2) is 4.93. The number of hydrogen-bond acceptors (Lipinski definition) is 4. The second-order valence-corrected chi connectivity index (χ2v) is 4.89. The van der Waals surface area contributed by atoms with Gasteiger partial charge in [-0.2, -0.15) is 4.80 Å². The van der Waals surface area contributed by atoms with E-state index in [4.69, 9.17) is 0 Å². The molecule has 6 heteroatoms. The molecule has 0 amide bonds. The molecule has 0 aliphatic carbocycles. The molecule has 5 nitrogen and oxygen atoms in total. The highest BCUT2D eigenvalue weighted by Crippen LogP contribution is 2.22. The zero-order valence-electron chi connectivity index (χ0n) is 9.63. The van der Waals surface area contributed by atoms with Crippen LogP contribution in [0.3, 0.4) is 0 Å². The van der Waals surface area contributed by atoms with Crippen LogP contribution in [0.1, 0.15) is 23.1 Å². The molecule has 0 bridgehead atoms. The van der Waals surface area contributed by atoms with Crippen molar-refractivity contribution in [1.82, 2.24) is 20.2 Å². The molecule has 1 N–H and O–H groups in total. The fourth-order valence-corrected chi connectivity index (χ4v) is 2.28. The lowest BCUT2D eigenvalue weighted by atomic mass is 10.0. The molecule has 1 aromatic carbocycles. The van der Waals surface area contributed by atoms with E-state index in [1.807, 2.05) is 25.1 Å². The van der Waals surface area contributed by atoms with Gasteiger partial charge in [-0.3, -0.25) is 0 Å². The van der Waals surface area contributed by atoms with Crippen LogP contribution < -0.4 is 0 Å². The molecule has 1 aromatic heterocycles. The van der Waals surface area contributed by atoms with Gasteiger partial charge < -0.3 is 5.11 Å². The predicted molar refractivity (Wildman–Crippen MR) is 66.3 cm³/mol. The maximum atomic E-state index is 10.1. The van der Waals surface area contributed by atoms with Crippen molar-refractivity contribution in [3.05, 3.63) is 39.6 Å². The van der Waals surface area contributed by atoms with E-state index in [1.165, 1.54) is 4.80 Å². The molecule has 2 aromatic rings. The minimum Gasteiger partial charge on any atom is -0.388 e. The van der Waals surface area contributed by atoms with Gasteiger partial charge in [0.05, 0.1) is 13.2 Å². The quantitative estimate of drug-likeness (QED) is 0.933. The standard InChI is InChI=1S/C11H13BrN4O/c1-7-3-8(5-9(12)4-7)10(17)6-11-13-15-16(2)14-11/h3-5,10,17H,6H2,1-2H3. The van der Waals surface area contributed by atoms with Crippen molar-refractivity contribution in [2.45, 2.75) is 19.4 Å². The Bertz CT molecular complexity index is 506. The summed E-state index contributed by atoms with van der Waals surface area (Å²) in [5.74, 6) is 0.539. The van der Waals surface area contributed by atoms with Crippen LogP contribution in [0.2, 0.25) is 0 Å². The number of benzene rings is 1. The summed E-state index contributed by atoms with van der Waals surface area (Å²) < 4.78 is 0.957. The van der Waals surface area contributed by atoms with Gasteiger partial charge in [0.15, 0.2) is 5.82 Å². The van der Waals surface area contributed by atoms with Crippen LogP contribution in [0.5, 0.6) is 0 Å². The largest absolute Gasteiger partial charge is 0.388 e. The van der Waals surface area contributed by atoms with Crippen molar-refractivity contribution in [1.29, 1.82) is 0 Å². The molecule has 0 aliphatic heterocycles. The highest BCUT2D eigenvalue weighted by molar-refractivity contribution is 9.10. The molecule has 0 fully saturated rings. The molecule has 0 aliphatic rings. The molecule has 90 valence electrons. The number of aryl methyl sites for hydroxylation is 2. The van der Waals surface area contributed by atoms with E-state index in [9.17, 15) is 5.11 Å². The number of hydrogen-bond donors (Lipinski definition) is 1. The maximum Gasteiger partial charge on any atom is 0.177 e. The van der Waals surface area contributed by atoms with Crippen LogP contribution in [0, 0.1) is 6.92 Å². The van der Waals surface area contributed by atoms with Crippen LogP contribution in [0.4, 0.5) is 0 Å². The number of aliphatic hydroxyl groups is 1. The molecule has 0 spiro atoms. The molecule has 2 rings (SSSR count). The number of nitrogens with zero attached hydrogens (tertiary/aromatic N) is 4. The van der Waals surface area contributed by atoms with E-state index < -0.39 is 6.10 Å². The number of aromatic nitrogens is 4. The molecule has 1 unspecified atom stereocenters. The highest BCUT2D eigenvalue weighted by atomic mass is 79.9. The summed E-state index contributed by atoms with van der Waals surface area (Å²) in [6.07, 6.45) is -0.251. The Morgan fingerprint density at radius 1 is 1.41 bits per heavy atom. The van der Waals surface area contributed by atoms with Gasteiger partial charge in [0.1, 0.15) is 0 Å².